The van der Waals surface area contributed by atoms with Gasteiger partial charge in [0.1, 0.15) is 5.60 Å². The first-order valence-corrected chi connectivity index (χ1v) is 8.92. The van der Waals surface area contributed by atoms with Crippen molar-refractivity contribution in [1.82, 2.24) is 10.6 Å². The third-order valence-electron chi connectivity index (χ3n) is 3.54. The van der Waals surface area contributed by atoms with Crippen molar-refractivity contribution in [2.75, 3.05) is 6.54 Å². The van der Waals surface area contributed by atoms with E-state index >= 15 is 0 Å². The molecule has 22 heavy (non-hydrogen) atoms. The van der Waals surface area contributed by atoms with Gasteiger partial charge in [-0.2, -0.15) is 0 Å². The van der Waals surface area contributed by atoms with Gasteiger partial charge >= 0.3 is 6.09 Å². The maximum atomic E-state index is 11.8. The number of amides is 1. The van der Waals surface area contributed by atoms with Crippen LogP contribution in [-0.2, 0) is 4.74 Å². The third kappa shape index (κ3) is 5.78. The molecule has 1 aromatic heterocycles. The first-order valence-electron chi connectivity index (χ1n) is 7.73. The fourth-order valence-electron chi connectivity index (χ4n) is 2.33. The molecule has 2 unspecified atom stereocenters. The van der Waals surface area contributed by atoms with Crippen LogP contribution in [0.1, 0.15) is 51.5 Å². The highest BCUT2D eigenvalue weighted by atomic mass is 35.5. The highest BCUT2D eigenvalue weighted by Gasteiger charge is 2.32. The molecule has 4 nitrogen and oxygen atoms in total. The predicted molar refractivity (Wildman–Crippen MR) is 91.6 cm³/mol. The highest BCUT2D eigenvalue weighted by molar-refractivity contribution is 7.16. The molecule has 1 saturated carbocycles. The molecule has 2 atom stereocenters. The van der Waals surface area contributed by atoms with Crippen LogP contribution in [0.25, 0.3) is 0 Å². The quantitative estimate of drug-likeness (QED) is 0.806. The average molecular weight is 345 g/mol. The maximum Gasteiger partial charge on any atom is 0.407 e. The van der Waals surface area contributed by atoms with Crippen molar-refractivity contribution >= 4 is 29.0 Å². The lowest BCUT2D eigenvalue weighted by Gasteiger charge is -2.25. The van der Waals surface area contributed by atoms with Crippen molar-refractivity contribution < 1.29 is 9.53 Å². The monoisotopic (exact) mass is 344 g/mol. The van der Waals surface area contributed by atoms with Crippen LogP contribution < -0.4 is 10.6 Å². The average Bonchev–Trinajstić information content (AvgIpc) is 3.14. The van der Waals surface area contributed by atoms with E-state index in [0.717, 1.165) is 4.34 Å². The smallest absolute Gasteiger partial charge is 0.407 e. The van der Waals surface area contributed by atoms with Crippen LogP contribution in [0.4, 0.5) is 4.79 Å². The lowest BCUT2D eigenvalue weighted by atomic mass is 10.1. The first-order chi connectivity index (χ1) is 10.2. The Hall–Kier alpha value is -0.780. The van der Waals surface area contributed by atoms with Crippen LogP contribution in [0.15, 0.2) is 12.1 Å². The summed E-state index contributed by atoms with van der Waals surface area (Å²) < 4.78 is 6.09. The Labute approximate surface area is 141 Å². The minimum Gasteiger partial charge on any atom is -0.444 e. The number of ether oxygens (including phenoxy) is 1. The van der Waals surface area contributed by atoms with Crippen LogP contribution in [0, 0.1) is 5.92 Å². The second kappa shape index (κ2) is 7.20. The van der Waals surface area contributed by atoms with E-state index in [-0.39, 0.29) is 18.2 Å². The Morgan fingerprint density at radius 3 is 2.64 bits per heavy atom. The van der Waals surface area contributed by atoms with E-state index in [1.165, 1.54) is 17.7 Å². The molecule has 0 radical (unpaired) electrons. The van der Waals surface area contributed by atoms with Gasteiger partial charge in [0, 0.05) is 23.5 Å². The number of alkyl carbamates (subject to hydrolysis) is 1. The van der Waals surface area contributed by atoms with Crippen molar-refractivity contribution in [3.05, 3.63) is 21.3 Å². The molecule has 1 fully saturated rings. The van der Waals surface area contributed by atoms with Crippen molar-refractivity contribution in [2.45, 2.75) is 58.2 Å². The Morgan fingerprint density at radius 1 is 1.45 bits per heavy atom. The summed E-state index contributed by atoms with van der Waals surface area (Å²) in [6, 6.07) is 4.47. The molecule has 1 amide bonds. The molecule has 124 valence electrons. The summed E-state index contributed by atoms with van der Waals surface area (Å²) in [5.41, 5.74) is -0.465. The minimum atomic E-state index is -0.465. The number of hydrogen-bond acceptors (Lipinski definition) is 4. The van der Waals surface area contributed by atoms with Gasteiger partial charge in [0.05, 0.1) is 4.34 Å². The maximum absolute atomic E-state index is 11.8. The SMILES string of the molecule is CC(NC(CNC(=O)OC(C)(C)C)C1CC1)c1ccc(Cl)s1. The van der Waals surface area contributed by atoms with Crippen LogP contribution in [-0.4, -0.2) is 24.3 Å². The number of rotatable bonds is 6. The van der Waals surface area contributed by atoms with Gasteiger partial charge in [-0.1, -0.05) is 11.6 Å². The van der Waals surface area contributed by atoms with Gasteiger partial charge in [-0.05, 0) is 58.6 Å². The first kappa shape index (κ1) is 17.6. The number of carbonyl (C=O) groups is 1. The topological polar surface area (TPSA) is 50.4 Å². The number of nitrogens with one attached hydrogen (secondary N) is 2. The largest absolute Gasteiger partial charge is 0.444 e. The summed E-state index contributed by atoms with van der Waals surface area (Å²) in [5, 5.41) is 6.48. The highest BCUT2D eigenvalue weighted by Crippen LogP contribution is 2.34. The van der Waals surface area contributed by atoms with E-state index < -0.39 is 5.60 Å². The van der Waals surface area contributed by atoms with E-state index in [1.54, 1.807) is 11.3 Å². The number of thiophene rings is 1. The zero-order valence-electron chi connectivity index (χ0n) is 13.6. The van der Waals surface area contributed by atoms with E-state index in [4.69, 9.17) is 16.3 Å². The lowest BCUT2D eigenvalue weighted by molar-refractivity contribution is 0.0520. The van der Waals surface area contributed by atoms with Gasteiger partial charge in [-0.3, -0.25) is 0 Å². The standard InChI is InChI=1S/C16H25ClN2O2S/c1-10(13-7-8-14(17)22-13)19-12(11-5-6-11)9-18-15(20)21-16(2,3)4/h7-8,10-12,19H,5-6,9H2,1-4H3,(H,18,20). The molecular weight excluding hydrogens is 320 g/mol. The fraction of sp³-hybridized carbons (Fsp3) is 0.688. The molecule has 1 aliphatic carbocycles. The molecule has 0 saturated heterocycles. The molecule has 1 aromatic rings. The second-order valence-corrected chi connectivity index (χ2v) is 8.60. The Morgan fingerprint density at radius 2 is 2.14 bits per heavy atom. The van der Waals surface area contributed by atoms with Crippen molar-refractivity contribution in [2.24, 2.45) is 5.92 Å². The van der Waals surface area contributed by atoms with E-state index in [9.17, 15) is 4.79 Å². The van der Waals surface area contributed by atoms with Crippen molar-refractivity contribution in [1.29, 1.82) is 0 Å². The summed E-state index contributed by atoms with van der Waals surface area (Å²) >= 11 is 7.59. The molecule has 0 spiro atoms. The van der Waals surface area contributed by atoms with E-state index in [1.807, 2.05) is 26.8 Å². The van der Waals surface area contributed by atoms with Gasteiger partial charge < -0.3 is 15.4 Å². The van der Waals surface area contributed by atoms with Gasteiger partial charge in [0.15, 0.2) is 0 Å². The van der Waals surface area contributed by atoms with Crippen LogP contribution in [0.5, 0.6) is 0 Å². The van der Waals surface area contributed by atoms with Gasteiger partial charge in [0.25, 0.3) is 0 Å². The molecule has 2 rings (SSSR count). The Bertz CT molecular complexity index is 508. The Balaban J connectivity index is 1.84. The molecule has 1 heterocycles. The predicted octanol–water partition coefficient (Wildman–Crippen LogP) is 4.36. The Kier molecular flexibility index (Phi) is 5.75. The summed E-state index contributed by atoms with van der Waals surface area (Å²) in [7, 11) is 0. The summed E-state index contributed by atoms with van der Waals surface area (Å²) in [6.45, 7) is 8.32. The van der Waals surface area contributed by atoms with E-state index in [0.29, 0.717) is 12.5 Å². The summed E-state index contributed by atoms with van der Waals surface area (Å²) in [6.07, 6.45) is 2.07. The summed E-state index contributed by atoms with van der Waals surface area (Å²) in [4.78, 5) is 13.0. The summed E-state index contributed by atoms with van der Waals surface area (Å²) in [5.74, 6) is 0.632. The van der Waals surface area contributed by atoms with Crippen LogP contribution in [0.2, 0.25) is 4.34 Å². The molecule has 0 aromatic carbocycles. The number of carbonyl (C=O) groups excluding carboxylic acids is 1. The minimum absolute atomic E-state index is 0.225. The van der Waals surface area contributed by atoms with Gasteiger partial charge in [-0.15, -0.1) is 11.3 Å². The van der Waals surface area contributed by atoms with Gasteiger partial charge in [-0.25, -0.2) is 4.79 Å². The van der Waals surface area contributed by atoms with Crippen LogP contribution >= 0.6 is 22.9 Å². The van der Waals surface area contributed by atoms with Crippen molar-refractivity contribution in [3.63, 3.8) is 0 Å². The normalized spacial score (nSPS) is 17.9. The molecular formula is C16H25ClN2O2S. The second-order valence-electron chi connectivity index (χ2n) is 6.86. The molecule has 0 aliphatic heterocycles. The van der Waals surface area contributed by atoms with E-state index in [2.05, 4.69) is 23.6 Å². The third-order valence-corrected chi connectivity index (χ3v) is 4.95. The molecule has 2 N–H and O–H groups in total. The lowest BCUT2D eigenvalue weighted by Crippen LogP contribution is -2.44. The van der Waals surface area contributed by atoms with Crippen LogP contribution in [0.3, 0.4) is 0 Å². The van der Waals surface area contributed by atoms with Gasteiger partial charge in [0.2, 0.25) is 0 Å². The number of hydrogen-bond donors (Lipinski definition) is 2. The van der Waals surface area contributed by atoms with Crippen molar-refractivity contribution in [3.8, 4) is 0 Å². The zero-order valence-corrected chi connectivity index (χ0v) is 15.2. The molecule has 0 bridgehead atoms. The molecule has 6 heteroatoms. The molecule has 1 aliphatic rings. The number of halogens is 1. The zero-order chi connectivity index (χ0) is 16.3. The fourth-order valence-corrected chi connectivity index (χ4v) is 3.40.